The first-order chi connectivity index (χ1) is 13.7. The van der Waals surface area contributed by atoms with E-state index in [9.17, 15) is 9.59 Å². The first-order valence-corrected chi connectivity index (χ1v) is 13.6. The van der Waals surface area contributed by atoms with Gasteiger partial charge in [0.2, 0.25) is 11.8 Å². The quantitative estimate of drug-likeness (QED) is 0.192. The molecule has 0 aromatic rings. The minimum Gasteiger partial charge on any atom is -0.351 e. The summed E-state index contributed by atoms with van der Waals surface area (Å²) in [6.07, 6.45) is 17.0. The molecule has 1 saturated carbocycles. The lowest BCUT2D eigenvalue weighted by atomic mass is 9.90. The van der Waals surface area contributed by atoms with Crippen molar-refractivity contribution in [1.82, 2.24) is 10.6 Å². The van der Waals surface area contributed by atoms with E-state index in [0.717, 1.165) is 62.0 Å². The second kappa shape index (κ2) is 17.7. The van der Waals surface area contributed by atoms with Crippen LogP contribution in [0.15, 0.2) is 0 Å². The van der Waals surface area contributed by atoms with Gasteiger partial charge in [-0.05, 0) is 38.5 Å². The lowest BCUT2D eigenvalue weighted by Crippen LogP contribution is -2.53. The third-order valence-electron chi connectivity index (χ3n) is 5.53. The Balaban J connectivity index is 2.21. The van der Waals surface area contributed by atoms with Crippen LogP contribution in [0.1, 0.15) is 103 Å². The summed E-state index contributed by atoms with van der Waals surface area (Å²) in [6, 6.07) is 0.218. The summed E-state index contributed by atoms with van der Waals surface area (Å²) < 4.78 is 0. The Hall–Kier alpha value is -0.100. The van der Waals surface area contributed by atoms with Crippen LogP contribution in [0, 0.1) is 0 Å². The Bertz CT molecular complexity index is 383. The first-order valence-electron chi connectivity index (χ1n) is 11.4. The molecule has 0 bridgehead atoms. The van der Waals surface area contributed by atoms with E-state index in [1.807, 2.05) is 0 Å². The van der Waals surface area contributed by atoms with Crippen LogP contribution in [0.5, 0.6) is 0 Å². The molecule has 28 heavy (non-hydrogen) atoms. The molecular formula is C22H40Br2N2O2. The molecule has 0 aliphatic heterocycles. The molecule has 4 nitrogen and oxygen atoms in total. The number of unbranched alkanes of at least 4 members (excludes halogenated alkanes) is 8. The van der Waals surface area contributed by atoms with Gasteiger partial charge in [0.15, 0.2) is 0 Å². The molecule has 0 saturated heterocycles. The molecule has 0 heterocycles. The lowest BCUT2D eigenvalue weighted by molar-refractivity contribution is -0.125. The number of hydrogen-bond acceptors (Lipinski definition) is 2. The fourth-order valence-corrected chi connectivity index (χ4v) is 4.65. The summed E-state index contributed by atoms with van der Waals surface area (Å²) in [6.45, 7) is 0. The number of rotatable bonds is 16. The Morgan fingerprint density at radius 3 is 1.36 bits per heavy atom. The average molecular weight is 524 g/mol. The van der Waals surface area contributed by atoms with E-state index in [2.05, 4.69) is 42.5 Å². The largest absolute Gasteiger partial charge is 0.351 e. The number of alkyl halides is 2. The van der Waals surface area contributed by atoms with Crippen LogP contribution in [-0.2, 0) is 9.59 Å². The lowest BCUT2D eigenvalue weighted by Gasteiger charge is -2.33. The van der Waals surface area contributed by atoms with Crippen LogP contribution in [0.4, 0.5) is 0 Å². The van der Waals surface area contributed by atoms with Crippen molar-refractivity contribution in [3.63, 3.8) is 0 Å². The molecule has 0 unspecified atom stereocenters. The number of nitrogens with one attached hydrogen (secondary N) is 2. The summed E-state index contributed by atoms with van der Waals surface area (Å²) in [5.41, 5.74) is 0. The van der Waals surface area contributed by atoms with E-state index in [1.54, 1.807) is 0 Å². The van der Waals surface area contributed by atoms with Gasteiger partial charge in [-0.2, -0.15) is 0 Å². The summed E-state index contributed by atoms with van der Waals surface area (Å²) in [7, 11) is 0. The molecule has 1 aliphatic carbocycles. The van der Waals surface area contributed by atoms with Gasteiger partial charge in [0.1, 0.15) is 0 Å². The fraction of sp³-hybridized carbons (Fsp3) is 0.909. The maximum atomic E-state index is 12.3. The van der Waals surface area contributed by atoms with Crippen molar-refractivity contribution < 1.29 is 9.59 Å². The van der Waals surface area contributed by atoms with E-state index in [-0.39, 0.29) is 23.9 Å². The molecule has 2 atom stereocenters. The summed E-state index contributed by atoms with van der Waals surface area (Å²) in [5, 5.41) is 8.54. The van der Waals surface area contributed by atoms with Gasteiger partial charge in [-0.1, -0.05) is 83.2 Å². The minimum atomic E-state index is 0.109. The molecule has 2 amide bonds. The number of halogens is 2. The van der Waals surface area contributed by atoms with Gasteiger partial charge in [0.05, 0.1) is 0 Å². The standard InChI is InChI=1S/C22H40Br2N2O2/c23-17-11-5-1-3-7-15-21(27)25-19-13-9-10-14-20(19)26-22(28)16-8-4-2-6-12-18-24/h19-20H,1-18H2,(H,25,27)(H,26,28)/t19-,20-/m1/s1. The Labute approximate surface area is 189 Å². The number of hydrogen-bond donors (Lipinski definition) is 2. The number of carbonyl (C=O) groups excluding carboxylic acids is 2. The second-order valence-corrected chi connectivity index (χ2v) is 9.63. The number of carbonyl (C=O) groups is 2. The smallest absolute Gasteiger partial charge is 0.220 e. The Kier molecular flexibility index (Phi) is 16.4. The molecule has 0 spiro atoms. The van der Waals surface area contributed by atoms with Crippen LogP contribution in [0.2, 0.25) is 0 Å². The third-order valence-corrected chi connectivity index (χ3v) is 6.66. The van der Waals surface area contributed by atoms with Crippen molar-refractivity contribution >= 4 is 43.7 Å². The molecule has 164 valence electrons. The van der Waals surface area contributed by atoms with Crippen molar-refractivity contribution in [3.8, 4) is 0 Å². The van der Waals surface area contributed by atoms with Crippen molar-refractivity contribution in [3.05, 3.63) is 0 Å². The van der Waals surface area contributed by atoms with E-state index < -0.39 is 0 Å². The van der Waals surface area contributed by atoms with Gasteiger partial charge in [-0.3, -0.25) is 9.59 Å². The highest BCUT2D eigenvalue weighted by Gasteiger charge is 2.27. The molecular weight excluding hydrogens is 484 g/mol. The SMILES string of the molecule is O=C(CCCCCCCBr)N[C@@H]1CCCC[C@H]1NC(=O)CCCCCCCBr. The maximum Gasteiger partial charge on any atom is 0.220 e. The van der Waals surface area contributed by atoms with Crippen LogP contribution in [0.3, 0.4) is 0 Å². The van der Waals surface area contributed by atoms with E-state index >= 15 is 0 Å². The molecule has 0 aromatic heterocycles. The molecule has 2 N–H and O–H groups in total. The van der Waals surface area contributed by atoms with Crippen molar-refractivity contribution in [1.29, 1.82) is 0 Å². The van der Waals surface area contributed by atoms with Crippen LogP contribution in [0.25, 0.3) is 0 Å². The molecule has 6 heteroatoms. The van der Waals surface area contributed by atoms with Crippen molar-refractivity contribution in [2.24, 2.45) is 0 Å². The van der Waals surface area contributed by atoms with Gasteiger partial charge in [-0.25, -0.2) is 0 Å². The van der Waals surface area contributed by atoms with Crippen LogP contribution >= 0.6 is 31.9 Å². The fourth-order valence-electron chi connectivity index (χ4n) is 3.86. The highest BCUT2D eigenvalue weighted by Crippen LogP contribution is 2.19. The zero-order valence-corrected chi connectivity index (χ0v) is 20.6. The monoisotopic (exact) mass is 522 g/mol. The third kappa shape index (κ3) is 13.2. The highest BCUT2D eigenvalue weighted by atomic mass is 79.9. The summed E-state index contributed by atoms with van der Waals surface area (Å²) >= 11 is 6.90. The molecule has 0 radical (unpaired) electrons. The predicted molar refractivity (Wildman–Crippen MR) is 125 cm³/mol. The maximum absolute atomic E-state index is 12.3. The minimum absolute atomic E-state index is 0.109. The van der Waals surface area contributed by atoms with Crippen molar-refractivity contribution in [2.45, 2.75) is 115 Å². The van der Waals surface area contributed by atoms with E-state index in [0.29, 0.717) is 12.8 Å². The normalized spacial score (nSPS) is 19.4. The molecule has 0 aromatic carbocycles. The summed E-state index contributed by atoms with van der Waals surface area (Å²) in [4.78, 5) is 24.6. The van der Waals surface area contributed by atoms with Crippen molar-refractivity contribution in [2.75, 3.05) is 10.7 Å². The van der Waals surface area contributed by atoms with Crippen LogP contribution < -0.4 is 10.6 Å². The second-order valence-electron chi connectivity index (χ2n) is 8.05. The highest BCUT2D eigenvalue weighted by molar-refractivity contribution is 9.09. The van der Waals surface area contributed by atoms with Gasteiger partial charge in [0.25, 0.3) is 0 Å². The van der Waals surface area contributed by atoms with Gasteiger partial charge in [0, 0.05) is 35.6 Å². The van der Waals surface area contributed by atoms with Gasteiger partial charge < -0.3 is 10.6 Å². The Morgan fingerprint density at radius 2 is 0.964 bits per heavy atom. The Morgan fingerprint density at radius 1 is 0.607 bits per heavy atom. The topological polar surface area (TPSA) is 58.2 Å². The summed E-state index contributed by atoms with van der Waals surface area (Å²) in [5.74, 6) is 0.303. The first kappa shape index (κ1) is 25.9. The molecule has 1 fully saturated rings. The predicted octanol–water partition coefficient (Wildman–Crippen LogP) is 6.00. The average Bonchev–Trinajstić information content (AvgIpc) is 2.69. The zero-order chi connectivity index (χ0) is 20.5. The molecule has 1 aliphatic rings. The number of amides is 2. The molecule has 1 rings (SSSR count). The van der Waals surface area contributed by atoms with Gasteiger partial charge in [-0.15, -0.1) is 0 Å². The van der Waals surface area contributed by atoms with E-state index in [4.69, 9.17) is 0 Å². The van der Waals surface area contributed by atoms with E-state index in [1.165, 1.54) is 38.5 Å². The van der Waals surface area contributed by atoms with Crippen LogP contribution in [-0.4, -0.2) is 34.6 Å². The zero-order valence-electron chi connectivity index (χ0n) is 17.5. The van der Waals surface area contributed by atoms with Gasteiger partial charge >= 0.3 is 0 Å².